The van der Waals surface area contributed by atoms with Crippen molar-refractivity contribution in [3.05, 3.63) is 71.5 Å². The van der Waals surface area contributed by atoms with Crippen molar-refractivity contribution >= 4 is 34.6 Å². The lowest BCUT2D eigenvalue weighted by atomic mass is 9.84. The molecule has 4 atom stereocenters. The fourth-order valence-corrected chi connectivity index (χ4v) is 9.06. The molecule has 2 aromatic heterocycles. The van der Waals surface area contributed by atoms with E-state index >= 15 is 4.39 Å². The summed E-state index contributed by atoms with van der Waals surface area (Å²) in [6.45, 7) is 13.9. The molecule has 4 heterocycles. The Bertz CT molecular complexity index is 2390. The lowest BCUT2D eigenvalue weighted by Crippen LogP contribution is -2.60. The van der Waals surface area contributed by atoms with Gasteiger partial charge in [-0.1, -0.05) is 44.2 Å². The van der Waals surface area contributed by atoms with Crippen molar-refractivity contribution in [1.82, 2.24) is 30.2 Å². The highest BCUT2D eigenvalue weighted by Gasteiger charge is 2.37. The van der Waals surface area contributed by atoms with E-state index in [9.17, 15) is 33.4 Å². The molecule has 14 nitrogen and oxygen atoms in total. The van der Waals surface area contributed by atoms with Crippen molar-refractivity contribution in [2.24, 2.45) is 5.41 Å². The molecule has 1 aliphatic carbocycles. The van der Waals surface area contributed by atoms with Gasteiger partial charge in [0.2, 0.25) is 6.30 Å². The SMILES string of the molecule is CO[C@@H](C)c1ncc(N2CCN(C3CC3)CC2)cc1-c1c(CC(C)(C)CO)c2cc(-c3cccc(CC(NC(=O)OC(C)(C)C)C(=O)N4CCCC(C(=O)O)N4)c3)ccc2n1C(F)C(F)F. The van der Waals surface area contributed by atoms with E-state index in [1.54, 1.807) is 51.2 Å². The number of alkyl carbamates (subject to hydrolysis) is 1. The number of anilines is 1. The van der Waals surface area contributed by atoms with Crippen LogP contribution in [-0.4, -0.2) is 124 Å². The number of carboxylic acids is 1. The molecule has 66 heavy (non-hydrogen) atoms. The van der Waals surface area contributed by atoms with E-state index in [-0.39, 0.29) is 37.2 Å². The van der Waals surface area contributed by atoms with Gasteiger partial charge in [-0.05, 0) is 106 Å². The number of piperazine rings is 1. The number of carboxylic acid groups (broad SMARTS) is 1. The van der Waals surface area contributed by atoms with Gasteiger partial charge in [0.1, 0.15) is 17.7 Å². The van der Waals surface area contributed by atoms with E-state index in [1.807, 2.05) is 45.0 Å². The maximum absolute atomic E-state index is 16.5. The molecule has 0 radical (unpaired) electrons. The number of nitrogens with zero attached hydrogens (tertiary/aromatic N) is 5. The van der Waals surface area contributed by atoms with Crippen LogP contribution in [0.2, 0.25) is 0 Å². The first-order valence-corrected chi connectivity index (χ1v) is 22.9. The number of methoxy groups -OCH3 is 1. The zero-order chi connectivity index (χ0) is 47.7. The predicted octanol–water partition coefficient (Wildman–Crippen LogP) is 7.67. The van der Waals surface area contributed by atoms with E-state index in [0.717, 1.165) is 36.4 Å². The van der Waals surface area contributed by atoms with Crippen LogP contribution in [0.3, 0.4) is 0 Å². The summed E-state index contributed by atoms with van der Waals surface area (Å²) < 4.78 is 58.6. The van der Waals surface area contributed by atoms with Crippen LogP contribution in [0, 0.1) is 5.41 Å². The predicted molar refractivity (Wildman–Crippen MR) is 246 cm³/mol. The van der Waals surface area contributed by atoms with E-state index in [1.165, 1.54) is 25.0 Å². The maximum atomic E-state index is 16.5. The topological polar surface area (TPSA) is 162 Å². The van der Waals surface area contributed by atoms with Crippen molar-refractivity contribution in [3.8, 4) is 22.4 Å². The maximum Gasteiger partial charge on any atom is 0.408 e. The Labute approximate surface area is 384 Å². The molecule has 2 amide bonds. The zero-order valence-corrected chi connectivity index (χ0v) is 39.0. The van der Waals surface area contributed by atoms with Gasteiger partial charge in [0.15, 0.2) is 0 Å². The summed E-state index contributed by atoms with van der Waals surface area (Å²) in [5, 5.41) is 24.7. The summed E-state index contributed by atoms with van der Waals surface area (Å²) in [6.07, 6.45) is -2.33. The van der Waals surface area contributed by atoms with E-state index in [0.29, 0.717) is 57.8 Å². The van der Waals surface area contributed by atoms with Crippen LogP contribution in [0.4, 0.5) is 23.7 Å². The van der Waals surface area contributed by atoms with E-state index < -0.39 is 59.9 Å². The molecule has 3 aliphatic rings. The number of carbonyl (C=O) groups is 3. The monoisotopic (exact) mass is 919 g/mol. The van der Waals surface area contributed by atoms with Crippen molar-refractivity contribution in [2.45, 2.75) is 123 Å². The van der Waals surface area contributed by atoms with Gasteiger partial charge in [0.25, 0.3) is 12.3 Å². The summed E-state index contributed by atoms with van der Waals surface area (Å²) in [4.78, 5) is 48.5. The number of halogens is 3. The van der Waals surface area contributed by atoms with Gasteiger partial charge in [0, 0.05) is 69.9 Å². The minimum absolute atomic E-state index is 0.0118. The molecular formula is C49H64F3N7O7. The molecule has 358 valence electrons. The minimum Gasteiger partial charge on any atom is -0.480 e. The van der Waals surface area contributed by atoms with Crippen molar-refractivity contribution in [3.63, 3.8) is 0 Å². The number of fused-ring (bicyclic) bond motifs is 1. The Morgan fingerprint density at radius 1 is 0.955 bits per heavy atom. The second-order valence-electron chi connectivity index (χ2n) is 19.6. The second-order valence-corrected chi connectivity index (χ2v) is 19.6. The third-order valence-electron chi connectivity index (χ3n) is 12.7. The number of rotatable bonds is 16. The van der Waals surface area contributed by atoms with Gasteiger partial charge >= 0.3 is 12.1 Å². The fraction of sp³-hybridized carbons (Fsp3) is 0.551. The van der Waals surface area contributed by atoms with E-state index in [2.05, 4.69) is 20.5 Å². The summed E-state index contributed by atoms with van der Waals surface area (Å²) in [7, 11) is 1.54. The number of pyridine rings is 1. The number of hydrazine groups is 1. The lowest BCUT2D eigenvalue weighted by molar-refractivity contribution is -0.147. The summed E-state index contributed by atoms with van der Waals surface area (Å²) >= 11 is 0. The molecule has 4 aromatic rings. The molecule has 3 fully saturated rings. The van der Waals surface area contributed by atoms with Gasteiger partial charge < -0.3 is 34.5 Å². The number of hydrogen-bond acceptors (Lipinski definition) is 10. The summed E-state index contributed by atoms with van der Waals surface area (Å²) in [5.41, 5.74) is 5.92. The Kier molecular flexibility index (Phi) is 14.7. The Morgan fingerprint density at radius 3 is 2.30 bits per heavy atom. The Balaban J connectivity index is 1.32. The fourth-order valence-electron chi connectivity index (χ4n) is 9.06. The summed E-state index contributed by atoms with van der Waals surface area (Å²) in [6, 6.07) is 12.9. The number of hydrogen-bond donors (Lipinski definition) is 4. The molecule has 3 unspecified atom stereocenters. The molecule has 4 N–H and O–H groups in total. The van der Waals surface area contributed by atoms with Gasteiger partial charge in [-0.25, -0.2) is 23.4 Å². The average Bonchev–Trinajstić information content (AvgIpc) is 4.10. The van der Waals surface area contributed by atoms with Crippen LogP contribution in [0.1, 0.15) is 96.4 Å². The first-order valence-electron chi connectivity index (χ1n) is 22.9. The van der Waals surface area contributed by atoms with Crippen LogP contribution >= 0.6 is 0 Å². The van der Waals surface area contributed by atoms with Gasteiger partial charge in [-0.15, -0.1) is 0 Å². The molecule has 2 aromatic carbocycles. The van der Waals surface area contributed by atoms with Crippen LogP contribution in [0.5, 0.6) is 0 Å². The second kappa shape index (κ2) is 19.9. The zero-order valence-electron chi connectivity index (χ0n) is 39.0. The minimum atomic E-state index is -3.37. The van der Waals surface area contributed by atoms with Gasteiger partial charge in [-0.3, -0.25) is 24.5 Å². The number of ether oxygens (including phenoxy) is 2. The third-order valence-corrected chi connectivity index (χ3v) is 12.7. The first-order chi connectivity index (χ1) is 31.3. The number of aliphatic hydroxyl groups is 1. The molecule has 17 heteroatoms. The number of carbonyl (C=O) groups excluding carboxylic acids is 2. The smallest absolute Gasteiger partial charge is 0.408 e. The van der Waals surface area contributed by atoms with Crippen LogP contribution in [0.15, 0.2) is 54.7 Å². The number of alkyl halides is 3. The highest BCUT2D eigenvalue weighted by atomic mass is 19.3. The Hall–Kier alpha value is -5.23. The number of nitrogens with one attached hydrogen (secondary N) is 2. The van der Waals surface area contributed by atoms with Gasteiger partial charge in [-0.2, -0.15) is 0 Å². The van der Waals surface area contributed by atoms with Crippen molar-refractivity contribution in [1.29, 1.82) is 0 Å². The lowest BCUT2D eigenvalue weighted by Gasteiger charge is -2.36. The van der Waals surface area contributed by atoms with Crippen LogP contribution in [-0.2, 0) is 31.9 Å². The molecular weight excluding hydrogens is 856 g/mol. The highest BCUT2D eigenvalue weighted by Crippen LogP contribution is 2.45. The molecule has 0 bridgehead atoms. The molecule has 1 saturated carbocycles. The standard InChI is InChI=1S/C49H64F3N7O7/c1-29(65-7)41-36(25-34(27-53-41)57-20-18-56(19-21-57)33-14-15-33)42-37(26-49(5,6)28-60)35-24-32(13-16-40(35)59(42)44(52)43(50)51)31-11-8-10-30(22-31)23-39(54-47(64)66-48(2,3)4)45(61)58-17-9-12-38(55-58)46(62)63/h8,10-11,13,16,22,24-25,27,29,33,38-39,43-44,55,60H,9,12,14-15,17-21,23,26,28H2,1-7H3,(H,54,64)(H,62,63)/t29-,38?,39?,44?/m0/s1. The molecule has 7 rings (SSSR count). The number of aliphatic hydroxyl groups excluding tert-OH is 1. The van der Waals surface area contributed by atoms with Crippen LogP contribution in [0.25, 0.3) is 33.3 Å². The normalized spacial score (nSPS) is 18.9. The number of aliphatic carboxylic acids is 1. The highest BCUT2D eigenvalue weighted by molar-refractivity contribution is 5.96. The largest absolute Gasteiger partial charge is 0.480 e. The van der Waals surface area contributed by atoms with Crippen LogP contribution < -0.4 is 15.6 Å². The summed E-state index contributed by atoms with van der Waals surface area (Å²) in [5.74, 6) is -1.63. The van der Waals surface area contributed by atoms with Crippen molar-refractivity contribution < 1.29 is 47.2 Å². The van der Waals surface area contributed by atoms with Crippen molar-refractivity contribution in [2.75, 3.05) is 51.3 Å². The molecule has 2 saturated heterocycles. The number of aromatic nitrogens is 2. The Morgan fingerprint density at radius 2 is 1.67 bits per heavy atom. The van der Waals surface area contributed by atoms with E-state index in [4.69, 9.17) is 14.5 Å². The quantitative estimate of drug-likeness (QED) is 0.0873. The molecule has 0 spiro atoms. The molecule has 2 aliphatic heterocycles. The average molecular weight is 920 g/mol. The third kappa shape index (κ3) is 11.1. The van der Waals surface area contributed by atoms with Gasteiger partial charge in [0.05, 0.1) is 34.9 Å². The number of amides is 2. The number of benzene rings is 2. The first kappa shape index (κ1) is 48.7.